The number of benzene rings is 1. The summed E-state index contributed by atoms with van der Waals surface area (Å²) < 4.78 is 7.69. The van der Waals surface area contributed by atoms with Crippen LogP contribution in [0.4, 0.5) is 5.82 Å². The third kappa shape index (κ3) is 3.19. The van der Waals surface area contributed by atoms with Crippen LogP contribution in [-0.4, -0.2) is 52.8 Å². The highest BCUT2D eigenvalue weighted by Crippen LogP contribution is 2.34. The van der Waals surface area contributed by atoms with E-state index in [0.29, 0.717) is 0 Å². The summed E-state index contributed by atoms with van der Waals surface area (Å²) in [6.45, 7) is 3.83. The lowest BCUT2D eigenvalue weighted by atomic mass is 10.2. The molecule has 5 rings (SSSR count). The number of pyridine rings is 2. The predicted molar refractivity (Wildman–Crippen MR) is 114 cm³/mol. The number of imidazole rings is 1. The van der Waals surface area contributed by atoms with Crippen molar-refractivity contribution in [1.29, 1.82) is 0 Å². The number of hydrogen-bond donors (Lipinski definition) is 1. The second kappa shape index (κ2) is 7.52. The van der Waals surface area contributed by atoms with E-state index in [9.17, 15) is 0 Å². The Labute approximate surface area is 169 Å². The number of piperazine rings is 1. The molecule has 0 spiro atoms. The van der Waals surface area contributed by atoms with E-state index < -0.39 is 0 Å². The van der Waals surface area contributed by atoms with Crippen LogP contribution in [-0.2, 0) is 0 Å². The maximum Gasteiger partial charge on any atom is 0.167 e. The van der Waals surface area contributed by atoms with Crippen molar-refractivity contribution < 1.29 is 4.74 Å². The number of fused-ring (bicyclic) bond motifs is 1. The van der Waals surface area contributed by atoms with Crippen LogP contribution in [0, 0.1) is 0 Å². The van der Waals surface area contributed by atoms with Crippen molar-refractivity contribution in [3.63, 3.8) is 0 Å². The normalized spacial score (nSPS) is 14.3. The molecule has 3 aromatic heterocycles. The highest BCUT2D eigenvalue weighted by atomic mass is 16.5. The SMILES string of the molecule is COc1ccccc1-c1nc2ccc(N3CCNCC3)nc2n1-c1ccncc1. The largest absolute Gasteiger partial charge is 0.496 e. The van der Waals surface area contributed by atoms with Crippen LogP contribution in [0.25, 0.3) is 28.2 Å². The van der Waals surface area contributed by atoms with Crippen molar-refractivity contribution in [2.75, 3.05) is 38.2 Å². The molecule has 7 heteroatoms. The lowest BCUT2D eigenvalue weighted by molar-refractivity contribution is 0.416. The summed E-state index contributed by atoms with van der Waals surface area (Å²) in [5, 5.41) is 3.39. The van der Waals surface area contributed by atoms with E-state index in [0.717, 1.165) is 66.0 Å². The van der Waals surface area contributed by atoms with Gasteiger partial charge in [0.25, 0.3) is 0 Å². The zero-order chi connectivity index (χ0) is 19.6. The minimum Gasteiger partial charge on any atom is -0.496 e. The number of anilines is 1. The molecule has 0 radical (unpaired) electrons. The lowest BCUT2D eigenvalue weighted by Crippen LogP contribution is -2.43. The first-order valence-electron chi connectivity index (χ1n) is 9.74. The number of methoxy groups -OCH3 is 1. The Kier molecular flexibility index (Phi) is 4.57. The fourth-order valence-electron chi connectivity index (χ4n) is 3.77. The highest BCUT2D eigenvalue weighted by Gasteiger charge is 2.20. The van der Waals surface area contributed by atoms with E-state index >= 15 is 0 Å². The van der Waals surface area contributed by atoms with Crippen molar-refractivity contribution in [2.45, 2.75) is 0 Å². The maximum absolute atomic E-state index is 5.60. The van der Waals surface area contributed by atoms with Gasteiger partial charge in [0.2, 0.25) is 0 Å². The van der Waals surface area contributed by atoms with Crippen LogP contribution in [0.5, 0.6) is 5.75 Å². The van der Waals surface area contributed by atoms with Gasteiger partial charge in [0.15, 0.2) is 11.5 Å². The van der Waals surface area contributed by atoms with Crippen molar-refractivity contribution in [2.24, 2.45) is 0 Å². The highest BCUT2D eigenvalue weighted by molar-refractivity contribution is 5.83. The molecule has 7 nitrogen and oxygen atoms in total. The van der Waals surface area contributed by atoms with Gasteiger partial charge in [0, 0.05) is 38.6 Å². The van der Waals surface area contributed by atoms with Crippen LogP contribution >= 0.6 is 0 Å². The summed E-state index contributed by atoms with van der Waals surface area (Å²) in [4.78, 5) is 16.4. The summed E-state index contributed by atoms with van der Waals surface area (Å²) >= 11 is 0. The van der Waals surface area contributed by atoms with E-state index in [-0.39, 0.29) is 0 Å². The number of aromatic nitrogens is 4. The van der Waals surface area contributed by atoms with Gasteiger partial charge in [-0.05, 0) is 36.4 Å². The fraction of sp³-hybridized carbons (Fsp3) is 0.227. The van der Waals surface area contributed by atoms with Crippen LogP contribution in [0.3, 0.4) is 0 Å². The summed E-state index contributed by atoms with van der Waals surface area (Å²) in [7, 11) is 1.68. The van der Waals surface area contributed by atoms with E-state index in [4.69, 9.17) is 14.7 Å². The Hall–Kier alpha value is -3.45. The van der Waals surface area contributed by atoms with Crippen molar-refractivity contribution in [3.05, 3.63) is 60.9 Å². The van der Waals surface area contributed by atoms with Gasteiger partial charge in [0.05, 0.1) is 18.4 Å². The quantitative estimate of drug-likeness (QED) is 0.582. The Morgan fingerprint density at radius 2 is 1.72 bits per heavy atom. The van der Waals surface area contributed by atoms with Gasteiger partial charge in [-0.15, -0.1) is 0 Å². The molecule has 1 N–H and O–H groups in total. The fourth-order valence-corrected chi connectivity index (χ4v) is 3.77. The van der Waals surface area contributed by atoms with Gasteiger partial charge >= 0.3 is 0 Å². The molecule has 1 aliphatic rings. The minimum atomic E-state index is 0.778. The van der Waals surface area contributed by atoms with E-state index in [1.54, 1.807) is 19.5 Å². The minimum absolute atomic E-state index is 0.778. The molecule has 146 valence electrons. The van der Waals surface area contributed by atoms with E-state index in [2.05, 4.69) is 31.9 Å². The van der Waals surface area contributed by atoms with Crippen LogP contribution in [0.15, 0.2) is 60.9 Å². The van der Waals surface area contributed by atoms with Gasteiger partial charge in [-0.3, -0.25) is 9.55 Å². The summed E-state index contributed by atoms with van der Waals surface area (Å²) in [6, 6.07) is 16.0. The van der Waals surface area contributed by atoms with Crippen LogP contribution in [0.1, 0.15) is 0 Å². The number of nitrogens with zero attached hydrogens (tertiary/aromatic N) is 5. The first-order chi connectivity index (χ1) is 14.3. The Bertz CT molecular complexity index is 1130. The Balaban J connectivity index is 1.74. The van der Waals surface area contributed by atoms with Gasteiger partial charge in [-0.1, -0.05) is 12.1 Å². The second-order valence-corrected chi connectivity index (χ2v) is 6.93. The number of hydrogen-bond acceptors (Lipinski definition) is 6. The molecule has 0 atom stereocenters. The van der Waals surface area contributed by atoms with Gasteiger partial charge in [-0.2, -0.15) is 0 Å². The molecule has 0 aliphatic carbocycles. The first kappa shape index (κ1) is 17.6. The smallest absolute Gasteiger partial charge is 0.167 e. The third-order valence-electron chi connectivity index (χ3n) is 5.20. The molecule has 4 aromatic rings. The monoisotopic (exact) mass is 386 g/mol. The molecule has 1 aliphatic heterocycles. The maximum atomic E-state index is 5.60. The third-order valence-corrected chi connectivity index (χ3v) is 5.20. The molecular weight excluding hydrogens is 364 g/mol. The first-order valence-corrected chi connectivity index (χ1v) is 9.74. The molecule has 1 fully saturated rings. The topological polar surface area (TPSA) is 68.1 Å². The molecule has 1 saturated heterocycles. The van der Waals surface area contributed by atoms with E-state index in [1.807, 2.05) is 36.4 Å². The van der Waals surface area contributed by atoms with Gasteiger partial charge in [0.1, 0.15) is 17.1 Å². The molecule has 29 heavy (non-hydrogen) atoms. The Morgan fingerprint density at radius 3 is 2.52 bits per heavy atom. The second-order valence-electron chi connectivity index (χ2n) is 6.93. The Morgan fingerprint density at radius 1 is 0.931 bits per heavy atom. The number of rotatable bonds is 4. The average Bonchev–Trinajstić information content (AvgIpc) is 3.18. The van der Waals surface area contributed by atoms with Crippen molar-refractivity contribution in [3.8, 4) is 22.8 Å². The average molecular weight is 386 g/mol. The molecule has 0 amide bonds. The lowest BCUT2D eigenvalue weighted by Gasteiger charge is -2.28. The van der Waals surface area contributed by atoms with Crippen molar-refractivity contribution >= 4 is 17.0 Å². The molecule has 0 bridgehead atoms. The molecule has 4 heterocycles. The zero-order valence-corrected chi connectivity index (χ0v) is 16.2. The number of para-hydroxylation sites is 1. The van der Waals surface area contributed by atoms with E-state index in [1.165, 1.54) is 0 Å². The molecule has 0 unspecified atom stereocenters. The molecule has 0 saturated carbocycles. The van der Waals surface area contributed by atoms with Gasteiger partial charge in [-0.25, -0.2) is 9.97 Å². The number of nitrogens with one attached hydrogen (secondary N) is 1. The predicted octanol–water partition coefficient (Wildman–Crippen LogP) is 2.90. The molecular formula is C22H22N6O. The standard InChI is InChI=1S/C22H22N6O/c1-29-19-5-3-2-4-17(19)21-25-18-6-7-20(27-14-12-24-13-15-27)26-22(18)28(21)16-8-10-23-11-9-16/h2-11,24H,12-15H2,1H3. The van der Waals surface area contributed by atoms with Gasteiger partial charge < -0.3 is 15.0 Å². The van der Waals surface area contributed by atoms with Crippen molar-refractivity contribution in [1.82, 2.24) is 24.8 Å². The van der Waals surface area contributed by atoms with Crippen LogP contribution in [0.2, 0.25) is 0 Å². The summed E-state index contributed by atoms with van der Waals surface area (Å²) in [5.74, 6) is 2.55. The summed E-state index contributed by atoms with van der Waals surface area (Å²) in [6.07, 6.45) is 3.57. The summed E-state index contributed by atoms with van der Waals surface area (Å²) in [5.41, 5.74) is 3.57. The zero-order valence-electron chi connectivity index (χ0n) is 16.2. The number of ether oxygens (including phenoxy) is 1. The van der Waals surface area contributed by atoms with Crippen LogP contribution < -0.4 is 15.0 Å². The molecule has 1 aromatic carbocycles.